The SMILES string of the molecule is CC(C)(C)c1nc2ccc(Cl)c(S(=O)(=O)Cl)c2o1.CC(C)(C)c1nc2ccc(Cl)c(S(=O)(=O)N3CCC(O)CC3)c2o1.Nc1ccc(Cl)c(S(=O)(=O)N2CCC(O)CC2)c1O. The second-order valence-electron chi connectivity index (χ2n) is 16.5. The molecule has 0 amide bonds. The molecule has 16 nitrogen and oxygen atoms in total. The monoisotopic (exact) mass is 985 g/mol. The predicted molar refractivity (Wildman–Crippen MR) is 234 cm³/mol. The number of hydrogen-bond acceptors (Lipinski definition) is 14. The molecule has 2 aliphatic rings. The van der Waals surface area contributed by atoms with Crippen LogP contribution in [-0.4, -0.2) is 97.5 Å². The predicted octanol–water partition coefficient (Wildman–Crippen LogP) is 7.40. The van der Waals surface area contributed by atoms with Crippen LogP contribution in [0.4, 0.5) is 5.69 Å². The number of hydrogen-bond donors (Lipinski definition) is 4. The molecule has 2 aromatic heterocycles. The third-order valence-electron chi connectivity index (χ3n) is 9.61. The summed E-state index contributed by atoms with van der Waals surface area (Å²) in [5.41, 5.74) is 5.97. The first-order chi connectivity index (χ1) is 28.0. The lowest BCUT2D eigenvalue weighted by Crippen LogP contribution is -2.40. The number of anilines is 1. The molecule has 5 aromatic rings. The molecule has 336 valence electrons. The van der Waals surface area contributed by atoms with Crippen LogP contribution in [0.1, 0.15) is 79.0 Å². The number of halogens is 4. The highest BCUT2D eigenvalue weighted by atomic mass is 35.7. The van der Waals surface area contributed by atoms with Gasteiger partial charge in [-0.05, 0) is 62.1 Å². The van der Waals surface area contributed by atoms with Crippen molar-refractivity contribution in [3.8, 4) is 5.75 Å². The van der Waals surface area contributed by atoms with E-state index in [-0.39, 0.29) is 83.6 Å². The summed E-state index contributed by atoms with van der Waals surface area (Å²) in [6.45, 7) is 12.5. The van der Waals surface area contributed by atoms with Crippen LogP contribution >= 0.6 is 45.5 Å². The second-order valence-corrected chi connectivity index (χ2v) is 24.0. The summed E-state index contributed by atoms with van der Waals surface area (Å²) in [5, 5.41) is 28.9. The summed E-state index contributed by atoms with van der Waals surface area (Å²) < 4.78 is 87.9. The molecule has 3 aromatic carbocycles. The van der Waals surface area contributed by atoms with Crippen molar-refractivity contribution in [2.75, 3.05) is 31.9 Å². The molecule has 7 rings (SSSR count). The fourth-order valence-corrected chi connectivity index (χ4v) is 12.1. The van der Waals surface area contributed by atoms with Crippen LogP contribution in [0, 0.1) is 0 Å². The minimum atomic E-state index is -3.99. The van der Waals surface area contributed by atoms with E-state index in [1.807, 2.05) is 41.5 Å². The van der Waals surface area contributed by atoms with Gasteiger partial charge in [-0.25, -0.2) is 35.2 Å². The first-order valence-electron chi connectivity index (χ1n) is 18.8. The first kappa shape index (κ1) is 49.1. The highest BCUT2D eigenvalue weighted by molar-refractivity contribution is 8.14. The number of benzene rings is 3. The van der Waals surface area contributed by atoms with Gasteiger partial charge in [-0.2, -0.15) is 8.61 Å². The van der Waals surface area contributed by atoms with Gasteiger partial charge in [0.25, 0.3) is 9.05 Å². The molecule has 0 spiro atoms. The largest absolute Gasteiger partial charge is 0.504 e. The van der Waals surface area contributed by atoms with Crippen molar-refractivity contribution in [1.29, 1.82) is 0 Å². The molecule has 2 aliphatic heterocycles. The minimum absolute atomic E-state index is 0.0223. The molecular formula is C38H47Cl4N5O11S3. The zero-order chi connectivity index (χ0) is 45.6. The van der Waals surface area contributed by atoms with Crippen LogP contribution in [-0.2, 0) is 39.9 Å². The van der Waals surface area contributed by atoms with Gasteiger partial charge in [-0.1, -0.05) is 76.3 Å². The first-order valence-corrected chi connectivity index (χ1v) is 25.1. The summed E-state index contributed by atoms with van der Waals surface area (Å²) >= 11 is 17.9. The Morgan fingerprint density at radius 2 is 0.967 bits per heavy atom. The maximum Gasteiger partial charge on any atom is 0.266 e. The lowest BCUT2D eigenvalue weighted by atomic mass is 9.97. The number of nitrogens with two attached hydrogens (primary N) is 1. The summed E-state index contributed by atoms with van der Waals surface area (Å²) in [6.07, 6.45) is 0.601. The Labute approximate surface area is 374 Å². The third-order valence-corrected chi connectivity index (χ3v) is 16.2. The number of aromatic hydroxyl groups is 1. The molecule has 2 saturated heterocycles. The van der Waals surface area contributed by atoms with E-state index in [0.717, 1.165) is 0 Å². The number of piperidine rings is 2. The van der Waals surface area contributed by atoms with Crippen LogP contribution in [0.25, 0.3) is 22.2 Å². The maximum atomic E-state index is 13.1. The standard InChI is InChI=1S/C16H21ClN2O4S.C11H11Cl2NO3S.C11H15ClN2O4S/c1-16(2,3)15-18-12-5-4-11(17)14(13(12)23-15)24(21,22)19-8-6-10(20)7-9-19;1-11(2,3)10-14-7-5-4-6(12)9(8(7)17-10)18(13,15)16;12-8-1-2-9(13)10(16)11(8)19(17,18)14-5-3-7(15)4-6-14/h4-5,10,20H,6-9H2,1-3H3;4-5H,1-3H3;1-2,7,15-16H,3-6,13H2. The molecular weight excluding hydrogens is 940 g/mol. The van der Waals surface area contributed by atoms with E-state index in [1.54, 1.807) is 12.1 Å². The van der Waals surface area contributed by atoms with Crippen LogP contribution in [0.15, 0.2) is 59.9 Å². The van der Waals surface area contributed by atoms with Gasteiger partial charge in [0, 0.05) is 47.7 Å². The average Bonchev–Trinajstić information content (AvgIpc) is 3.79. The van der Waals surface area contributed by atoms with Gasteiger partial charge in [-0.15, -0.1) is 0 Å². The van der Waals surface area contributed by atoms with E-state index >= 15 is 0 Å². The number of aliphatic hydroxyl groups excluding tert-OH is 2. The van der Waals surface area contributed by atoms with Crippen molar-refractivity contribution in [2.45, 2.75) is 105 Å². The van der Waals surface area contributed by atoms with Gasteiger partial charge < -0.3 is 29.9 Å². The zero-order valence-electron chi connectivity index (χ0n) is 34.0. The number of nitrogen functional groups attached to an aromatic ring is 1. The summed E-state index contributed by atoms with van der Waals surface area (Å²) in [4.78, 5) is 8.02. The number of phenols is 1. The van der Waals surface area contributed by atoms with Crippen molar-refractivity contribution in [2.24, 2.45) is 0 Å². The zero-order valence-corrected chi connectivity index (χ0v) is 39.5. The molecule has 0 unspecified atom stereocenters. The summed E-state index contributed by atoms with van der Waals surface area (Å²) in [6, 6.07) is 8.91. The second kappa shape index (κ2) is 18.3. The van der Waals surface area contributed by atoms with E-state index in [9.17, 15) is 40.6 Å². The van der Waals surface area contributed by atoms with E-state index in [0.29, 0.717) is 48.5 Å². The fourth-order valence-electron chi connectivity index (χ4n) is 6.23. The number of phenolic OH excluding ortho intramolecular Hbond substituents is 1. The van der Waals surface area contributed by atoms with Crippen molar-refractivity contribution < 1.29 is 49.4 Å². The van der Waals surface area contributed by atoms with E-state index in [2.05, 4.69) is 9.97 Å². The molecule has 4 heterocycles. The van der Waals surface area contributed by atoms with Gasteiger partial charge in [-0.3, -0.25) is 0 Å². The van der Waals surface area contributed by atoms with Gasteiger partial charge in [0.2, 0.25) is 31.8 Å². The smallest absolute Gasteiger partial charge is 0.266 e. The number of nitrogens with zero attached hydrogens (tertiary/aromatic N) is 4. The molecule has 0 aliphatic carbocycles. The summed E-state index contributed by atoms with van der Waals surface area (Å²) in [7, 11) is -6.35. The Morgan fingerprint density at radius 1 is 0.623 bits per heavy atom. The average molecular weight is 988 g/mol. The van der Waals surface area contributed by atoms with Crippen LogP contribution in [0.5, 0.6) is 5.75 Å². The number of aromatic nitrogens is 2. The van der Waals surface area contributed by atoms with Crippen LogP contribution in [0.2, 0.25) is 15.1 Å². The van der Waals surface area contributed by atoms with Crippen molar-refractivity contribution >= 4 is 102 Å². The number of oxazole rings is 2. The van der Waals surface area contributed by atoms with E-state index in [4.69, 9.17) is 60.1 Å². The van der Waals surface area contributed by atoms with Gasteiger partial charge >= 0.3 is 0 Å². The Morgan fingerprint density at radius 3 is 1.36 bits per heavy atom. The number of sulfonamides is 2. The topological polar surface area (TPSA) is 248 Å². The Kier molecular flexibility index (Phi) is 14.7. The van der Waals surface area contributed by atoms with Crippen LogP contribution in [0.3, 0.4) is 0 Å². The number of rotatable bonds is 5. The van der Waals surface area contributed by atoms with E-state index in [1.165, 1.54) is 32.9 Å². The lowest BCUT2D eigenvalue weighted by molar-refractivity contribution is 0.112. The van der Waals surface area contributed by atoms with Crippen molar-refractivity contribution in [1.82, 2.24) is 18.6 Å². The van der Waals surface area contributed by atoms with Gasteiger partial charge in [0.15, 0.2) is 16.9 Å². The maximum absolute atomic E-state index is 13.1. The minimum Gasteiger partial charge on any atom is -0.504 e. The fraction of sp³-hybridized carbons (Fsp3) is 0.474. The summed E-state index contributed by atoms with van der Waals surface area (Å²) in [5.74, 6) is 0.366. The normalized spacial score (nSPS) is 16.9. The Hall–Kier alpha value is -2.95. The Balaban J connectivity index is 0.000000176. The number of aliphatic hydroxyl groups is 2. The van der Waals surface area contributed by atoms with Gasteiger partial charge in [0.1, 0.15) is 25.7 Å². The molecule has 2 fully saturated rings. The molecule has 23 heteroatoms. The molecule has 61 heavy (non-hydrogen) atoms. The number of fused-ring (bicyclic) bond motifs is 2. The van der Waals surface area contributed by atoms with Crippen LogP contribution < -0.4 is 5.73 Å². The third kappa shape index (κ3) is 10.9. The van der Waals surface area contributed by atoms with Crippen molar-refractivity contribution in [3.05, 3.63) is 63.2 Å². The molecule has 0 radical (unpaired) electrons. The highest BCUT2D eigenvalue weighted by Gasteiger charge is 2.36. The quantitative estimate of drug-likeness (QED) is 0.0761. The molecule has 0 bridgehead atoms. The lowest BCUT2D eigenvalue weighted by Gasteiger charge is -2.29. The molecule has 5 N–H and O–H groups in total. The Bertz CT molecular complexity index is 2750. The highest BCUT2D eigenvalue weighted by Crippen LogP contribution is 2.39. The van der Waals surface area contributed by atoms with Crippen molar-refractivity contribution in [3.63, 3.8) is 0 Å². The van der Waals surface area contributed by atoms with Gasteiger partial charge in [0.05, 0.1) is 33.0 Å². The molecule has 0 atom stereocenters. The van der Waals surface area contributed by atoms with E-state index < -0.39 is 47.1 Å². The molecule has 0 saturated carbocycles.